The summed E-state index contributed by atoms with van der Waals surface area (Å²) < 4.78 is -0.181. The van der Waals surface area contributed by atoms with Crippen LogP contribution in [0.5, 0.6) is 0 Å². The van der Waals surface area contributed by atoms with Gasteiger partial charge in [0.05, 0.1) is 6.42 Å². The Labute approximate surface area is 107 Å². The Balaban J connectivity index is 3.39. The van der Waals surface area contributed by atoms with E-state index in [1.807, 2.05) is 13.8 Å². The molecule has 0 rings (SSSR count). The molecular formula is C11H23NO2S2. The Morgan fingerprint density at radius 2 is 2.06 bits per heavy atom. The van der Waals surface area contributed by atoms with Gasteiger partial charge >= 0.3 is 5.97 Å². The van der Waals surface area contributed by atoms with Gasteiger partial charge in [-0.1, -0.05) is 34.9 Å². The van der Waals surface area contributed by atoms with Gasteiger partial charge in [-0.2, -0.15) is 0 Å². The highest BCUT2D eigenvalue weighted by atomic mass is 33.1. The van der Waals surface area contributed by atoms with Gasteiger partial charge in [0, 0.05) is 17.0 Å². The number of carboxylic acids is 1. The third kappa shape index (κ3) is 10.6. The SMILES string of the molecule is CCCCNCCSSC(C)(C)CC(=O)O. The zero-order chi connectivity index (χ0) is 12.4. The van der Waals surface area contributed by atoms with Gasteiger partial charge in [-0.15, -0.1) is 0 Å². The second-order valence-corrected chi connectivity index (χ2v) is 7.46. The van der Waals surface area contributed by atoms with E-state index in [1.54, 1.807) is 21.6 Å². The van der Waals surface area contributed by atoms with Crippen LogP contribution >= 0.6 is 21.6 Å². The Kier molecular flexibility index (Phi) is 9.26. The molecule has 0 aromatic carbocycles. The molecule has 0 spiro atoms. The van der Waals surface area contributed by atoms with Gasteiger partial charge in [-0.05, 0) is 26.8 Å². The van der Waals surface area contributed by atoms with Crippen molar-refractivity contribution in [2.45, 2.75) is 44.8 Å². The lowest BCUT2D eigenvalue weighted by molar-refractivity contribution is -0.137. The van der Waals surface area contributed by atoms with Gasteiger partial charge < -0.3 is 10.4 Å². The summed E-state index contributed by atoms with van der Waals surface area (Å²) in [6.07, 6.45) is 2.66. The van der Waals surface area contributed by atoms with Crippen LogP contribution in [-0.2, 0) is 4.79 Å². The number of rotatable bonds is 10. The van der Waals surface area contributed by atoms with E-state index in [0.717, 1.165) is 18.8 Å². The molecule has 0 aliphatic carbocycles. The second kappa shape index (κ2) is 9.19. The zero-order valence-corrected chi connectivity index (χ0v) is 12.0. The van der Waals surface area contributed by atoms with E-state index >= 15 is 0 Å². The fourth-order valence-electron chi connectivity index (χ4n) is 1.14. The predicted octanol–water partition coefficient (Wildman–Crippen LogP) is 3.01. The molecule has 0 radical (unpaired) electrons. The summed E-state index contributed by atoms with van der Waals surface area (Å²) in [4.78, 5) is 10.6. The first-order chi connectivity index (χ1) is 7.48. The maximum atomic E-state index is 10.6. The van der Waals surface area contributed by atoms with Crippen LogP contribution in [0, 0.1) is 0 Å². The van der Waals surface area contributed by atoms with Crippen molar-refractivity contribution in [2.75, 3.05) is 18.8 Å². The first kappa shape index (κ1) is 16.1. The molecule has 3 nitrogen and oxygen atoms in total. The number of unbranched alkanes of at least 4 members (excludes halogenated alkanes) is 1. The molecule has 0 fully saturated rings. The van der Waals surface area contributed by atoms with Crippen LogP contribution in [0.1, 0.15) is 40.0 Å². The van der Waals surface area contributed by atoms with Crippen LogP contribution < -0.4 is 5.32 Å². The summed E-state index contributed by atoms with van der Waals surface area (Å²) in [6, 6.07) is 0. The second-order valence-electron chi connectivity index (χ2n) is 4.34. The Hall–Kier alpha value is 0.130. The van der Waals surface area contributed by atoms with E-state index in [-0.39, 0.29) is 11.2 Å². The number of hydrogen-bond donors (Lipinski definition) is 2. The van der Waals surface area contributed by atoms with Crippen molar-refractivity contribution in [1.29, 1.82) is 0 Å². The molecule has 0 aromatic rings. The molecule has 0 bridgehead atoms. The molecule has 96 valence electrons. The largest absolute Gasteiger partial charge is 0.481 e. The molecule has 5 heteroatoms. The van der Waals surface area contributed by atoms with E-state index in [2.05, 4.69) is 12.2 Å². The van der Waals surface area contributed by atoms with Gasteiger partial charge in [0.15, 0.2) is 0 Å². The molecule has 0 aliphatic rings. The smallest absolute Gasteiger partial charge is 0.304 e. The minimum absolute atomic E-state index is 0.181. The molecule has 0 saturated carbocycles. The predicted molar refractivity (Wildman–Crippen MR) is 74.2 cm³/mol. The van der Waals surface area contributed by atoms with Gasteiger partial charge in [-0.25, -0.2) is 0 Å². The third-order valence-electron chi connectivity index (χ3n) is 1.93. The van der Waals surface area contributed by atoms with Crippen molar-refractivity contribution < 1.29 is 9.90 Å². The minimum atomic E-state index is -0.723. The molecule has 0 saturated heterocycles. The van der Waals surface area contributed by atoms with Gasteiger partial charge in [0.1, 0.15) is 0 Å². The first-order valence-corrected chi connectivity index (χ1v) is 8.03. The third-order valence-corrected chi connectivity index (χ3v) is 5.22. The molecule has 2 N–H and O–H groups in total. The van der Waals surface area contributed by atoms with Crippen molar-refractivity contribution in [1.82, 2.24) is 5.32 Å². The lowest BCUT2D eigenvalue weighted by Crippen LogP contribution is -2.20. The van der Waals surface area contributed by atoms with Gasteiger partial charge in [-0.3, -0.25) is 4.79 Å². The lowest BCUT2D eigenvalue weighted by Gasteiger charge is -2.20. The van der Waals surface area contributed by atoms with E-state index < -0.39 is 5.97 Å². The van der Waals surface area contributed by atoms with Gasteiger partial charge in [0.25, 0.3) is 0 Å². The molecule has 0 aliphatic heterocycles. The monoisotopic (exact) mass is 265 g/mol. The number of hydrogen-bond acceptors (Lipinski definition) is 4. The Bertz CT molecular complexity index is 198. The van der Waals surface area contributed by atoms with Crippen LogP contribution in [0.15, 0.2) is 0 Å². The van der Waals surface area contributed by atoms with Crippen LogP contribution in [-0.4, -0.2) is 34.7 Å². The lowest BCUT2D eigenvalue weighted by atomic mass is 10.1. The summed E-state index contributed by atoms with van der Waals surface area (Å²) >= 11 is 0. The standard InChI is InChI=1S/C11H23NO2S2/c1-4-5-6-12-7-8-15-16-11(2,3)9-10(13)14/h12H,4-9H2,1-3H3,(H,13,14). The normalized spacial score (nSPS) is 11.7. The number of nitrogens with one attached hydrogen (secondary N) is 1. The molecule has 16 heavy (non-hydrogen) atoms. The maximum Gasteiger partial charge on any atom is 0.304 e. The molecule has 0 aromatic heterocycles. The van der Waals surface area contributed by atoms with E-state index in [1.165, 1.54) is 12.8 Å². The van der Waals surface area contributed by atoms with E-state index in [9.17, 15) is 4.79 Å². The minimum Gasteiger partial charge on any atom is -0.481 e. The molecular weight excluding hydrogens is 242 g/mol. The van der Waals surface area contributed by atoms with Crippen molar-refractivity contribution in [3.8, 4) is 0 Å². The van der Waals surface area contributed by atoms with Crippen LogP contribution in [0.2, 0.25) is 0 Å². The number of aliphatic carboxylic acids is 1. The summed E-state index contributed by atoms with van der Waals surface area (Å²) in [6.45, 7) is 8.22. The summed E-state index contributed by atoms with van der Waals surface area (Å²) in [5.74, 6) is 0.302. The maximum absolute atomic E-state index is 10.6. The molecule has 0 unspecified atom stereocenters. The molecule has 0 atom stereocenters. The highest BCUT2D eigenvalue weighted by Crippen LogP contribution is 2.37. The summed E-state index contributed by atoms with van der Waals surface area (Å²) in [5, 5.41) is 12.1. The Morgan fingerprint density at radius 1 is 1.38 bits per heavy atom. The summed E-state index contributed by atoms with van der Waals surface area (Å²) in [5.41, 5.74) is 0. The quantitative estimate of drug-likeness (QED) is 0.470. The van der Waals surface area contributed by atoms with Crippen LogP contribution in [0.25, 0.3) is 0 Å². The molecule has 0 heterocycles. The highest BCUT2D eigenvalue weighted by Gasteiger charge is 2.22. The van der Waals surface area contributed by atoms with Crippen LogP contribution in [0.3, 0.4) is 0 Å². The van der Waals surface area contributed by atoms with E-state index in [4.69, 9.17) is 5.11 Å². The Morgan fingerprint density at radius 3 is 2.62 bits per heavy atom. The summed E-state index contributed by atoms with van der Waals surface area (Å²) in [7, 11) is 3.42. The van der Waals surface area contributed by atoms with Crippen molar-refractivity contribution in [2.24, 2.45) is 0 Å². The zero-order valence-electron chi connectivity index (χ0n) is 10.4. The van der Waals surface area contributed by atoms with Gasteiger partial charge in [0.2, 0.25) is 0 Å². The van der Waals surface area contributed by atoms with Crippen molar-refractivity contribution in [3.63, 3.8) is 0 Å². The average Bonchev–Trinajstić information content (AvgIpc) is 2.14. The topological polar surface area (TPSA) is 49.3 Å². The number of carbonyl (C=O) groups is 1. The van der Waals surface area contributed by atoms with Crippen molar-refractivity contribution >= 4 is 27.6 Å². The fourth-order valence-corrected chi connectivity index (χ4v) is 3.58. The first-order valence-electron chi connectivity index (χ1n) is 5.71. The highest BCUT2D eigenvalue weighted by molar-refractivity contribution is 8.77. The van der Waals surface area contributed by atoms with E-state index in [0.29, 0.717) is 0 Å². The van der Waals surface area contributed by atoms with Crippen molar-refractivity contribution in [3.05, 3.63) is 0 Å². The number of carboxylic acid groups (broad SMARTS) is 1. The average molecular weight is 265 g/mol. The van der Waals surface area contributed by atoms with Crippen LogP contribution in [0.4, 0.5) is 0 Å². The molecule has 0 amide bonds. The fraction of sp³-hybridized carbons (Fsp3) is 0.909.